The Labute approximate surface area is 125 Å². The zero-order chi connectivity index (χ0) is 15.2. The number of rotatable bonds is 7. The minimum Gasteiger partial charge on any atom is -0.309 e. The molecule has 2 heteroatoms. The van der Waals surface area contributed by atoms with Gasteiger partial charge in [0, 0.05) is 18.6 Å². The van der Waals surface area contributed by atoms with Gasteiger partial charge in [-0.25, -0.2) is 0 Å². The van der Waals surface area contributed by atoms with E-state index in [2.05, 4.69) is 82.2 Å². The van der Waals surface area contributed by atoms with Crippen LogP contribution in [0.25, 0.3) is 0 Å². The zero-order valence-corrected chi connectivity index (χ0v) is 14.1. The molecule has 1 N–H and O–H groups in total. The molecule has 0 fully saturated rings. The lowest BCUT2D eigenvalue weighted by Gasteiger charge is -2.37. The Bertz CT molecular complexity index is 367. The highest BCUT2D eigenvalue weighted by Crippen LogP contribution is 2.25. The molecular weight excluding hydrogens is 244 g/mol. The molecule has 0 spiro atoms. The molecule has 0 bridgehead atoms. The van der Waals surface area contributed by atoms with Crippen molar-refractivity contribution in [2.75, 3.05) is 20.1 Å². The van der Waals surface area contributed by atoms with E-state index in [0.717, 1.165) is 13.1 Å². The van der Waals surface area contributed by atoms with Gasteiger partial charge in [0.25, 0.3) is 0 Å². The Morgan fingerprint density at radius 2 is 1.75 bits per heavy atom. The summed E-state index contributed by atoms with van der Waals surface area (Å²) < 4.78 is 0. The van der Waals surface area contributed by atoms with Gasteiger partial charge in [-0.15, -0.1) is 0 Å². The van der Waals surface area contributed by atoms with E-state index in [4.69, 9.17) is 0 Å². The number of hydrogen-bond acceptors (Lipinski definition) is 2. The highest BCUT2D eigenvalue weighted by atomic mass is 15.2. The second-order valence-corrected chi connectivity index (χ2v) is 6.90. The summed E-state index contributed by atoms with van der Waals surface area (Å²) in [6.07, 6.45) is 1.17. The number of nitrogens with zero attached hydrogens (tertiary/aromatic N) is 1. The van der Waals surface area contributed by atoms with E-state index < -0.39 is 0 Å². The predicted octanol–water partition coefficient (Wildman–Crippen LogP) is 4.09. The van der Waals surface area contributed by atoms with Crippen LogP contribution in [0.2, 0.25) is 0 Å². The molecule has 0 aromatic heterocycles. The molecule has 1 aromatic rings. The lowest BCUT2D eigenvalue weighted by atomic mass is 9.87. The van der Waals surface area contributed by atoms with Crippen LogP contribution in [-0.4, -0.2) is 31.1 Å². The predicted molar refractivity (Wildman–Crippen MR) is 89.0 cm³/mol. The van der Waals surface area contributed by atoms with Crippen LogP contribution >= 0.6 is 0 Å². The maximum Gasteiger partial charge on any atom is 0.0449 e. The first-order valence-corrected chi connectivity index (χ1v) is 7.84. The Hall–Kier alpha value is -0.860. The number of hydrogen-bond donors (Lipinski definition) is 1. The van der Waals surface area contributed by atoms with Crippen LogP contribution in [0.4, 0.5) is 0 Å². The molecule has 0 radical (unpaired) electrons. The molecule has 114 valence electrons. The molecule has 0 aliphatic rings. The molecule has 0 aliphatic carbocycles. The van der Waals surface area contributed by atoms with E-state index in [1.165, 1.54) is 12.0 Å². The first kappa shape index (κ1) is 17.2. The van der Waals surface area contributed by atoms with Crippen LogP contribution in [-0.2, 0) is 0 Å². The fraction of sp³-hybridized carbons (Fsp3) is 0.667. The molecular formula is C18H32N2. The summed E-state index contributed by atoms with van der Waals surface area (Å²) in [6, 6.07) is 11.8. The third-order valence-electron chi connectivity index (χ3n) is 4.23. The van der Waals surface area contributed by atoms with Gasteiger partial charge >= 0.3 is 0 Å². The largest absolute Gasteiger partial charge is 0.309 e. The summed E-state index contributed by atoms with van der Waals surface area (Å²) in [4.78, 5) is 2.47. The van der Waals surface area contributed by atoms with Gasteiger partial charge in [-0.05, 0) is 37.9 Å². The minimum atomic E-state index is 0.306. The molecule has 2 atom stereocenters. The molecule has 2 nitrogen and oxygen atoms in total. The van der Waals surface area contributed by atoms with Crippen molar-refractivity contribution in [3.8, 4) is 0 Å². The van der Waals surface area contributed by atoms with Crippen LogP contribution in [0.5, 0.6) is 0 Å². The maximum absolute atomic E-state index is 3.68. The second kappa shape index (κ2) is 7.80. The lowest BCUT2D eigenvalue weighted by molar-refractivity contribution is 0.129. The van der Waals surface area contributed by atoms with Gasteiger partial charge in [-0.2, -0.15) is 0 Å². The Kier molecular flexibility index (Phi) is 6.70. The highest BCUT2D eigenvalue weighted by Gasteiger charge is 2.25. The summed E-state index contributed by atoms with van der Waals surface area (Å²) >= 11 is 0. The topological polar surface area (TPSA) is 15.3 Å². The first-order chi connectivity index (χ1) is 9.36. The van der Waals surface area contributed by atoms with E-state index in [1.807, 2.05) is 0 Å². The normalized spacial score (nSPS) is 15.3. The summed E-state index contributed by atoms with van der Waals surface area (Å²) in [5.41, 5.74) is 1.69. The van der Waals surface area contributed by atoms with Crippen molar-refractivity contribution in [3.63, 3.8) is 0 Å². The highest BCUT2D eigenvalue weighted by molar-refractivity contribution is 5.19. The van der Waals surface area contributed by atoms with Crippen LogP contribution in [0, 0.1) is 5.41 Å². The fourth-order valence-corrected chi connectivity index (χ4v) is 2.40. The van der Waals surface area contributed by atoms with Crippen molar-refractivity contribution < 1.29 is 0 Å². The van der Waals surface area contributed by atoms with Crippen molar-refractivity contribution >= 4 is 0 Å². The molecule has 0 saturated carbocycles. The number of likely N-dealkylation sites (N-methyl/N-ethyl adjacent to an activating group) is 1. The van der Waals surface area contributed by atoms with Gasteiger partial charge in [0.05, 0.1) is 0 Å². The van der Waals surface area contributed by atoms with Gasteiger partial charge < -0.3 is 10.2 Å². The quantitative estimate of drug-likeness (QED) is 0.807. The molecule has 0 amide bonds. The second-order valence-electron chi connectivity index (χ2n) is 6.90. The van der Waals surface area contributed by atoms with Crippen molar-refractivity contribution in [1.82, 2.24) is 10.2 Å². The zero-order valence-electron chi connectivity index (χ0n) is 14.1. The van der Waals surface area contributed by atoms with Gasteiger partial charge in [0.15, 0.2) is 0 Å². The Balaban J connectivity index is 2.75. The maximum atomic E-state index is 3.68. The summed E-state index contributed by atoms with van der Waals surface area (Å²) in [5, 5.41) is 3.68. The summed E-state index contributed by atoms with van der Waals surface area (Å²) in [6.45, 7) is 13.6. The summed E-state index contributed by atoms with van der Waals surface area (Å²) in [7, 11) is 2.24. The summed E-state index contributed by atoms with van der Waals surface area (Å²) in [5.74, 6) is 0. The third kappa shape index (κ3) is 5.26. The smallest absolute Gasteiger partial charge is 0.0449 e. The molecule has 0 saturated heterocycles. The van der Waals surface area contributed by atoms with Crippen LogP contribution in [0.3, 0.4) is 0 Å². The van der Waals surface area contributed by atoms with Crippen molar-refractivity contribution in [2.24, 2.45) is 5.41 Å². The third-order valence-corrected chi connectivity index (χ3v) is 4.23. The molecule has 2 unspecified atom stereocenters. The number of nitrogens with one attached hydrogen (secondary N) is 1. The molecule has 0 aliphatic heterocycles. The van der Waals surface area contributed by atoms with Crippen molar-refractivity contribution in [1.29, 1.82) is 0 Å². The SMILES string of the molecule is CCCNC(CN(C)C(C)C(C)(C)C)c1ccccc1. The van der Waals surface area contributed by atoms with Gasteiger partial charge in [0.2, 0.25) is 0 Å². The van der Waals surface area contributed by atoms with Crippen LogP contribution < -0.4 is 5.32 Å². The first-order valence-electron chi connectivity index (χ1n) is 7.84. The minimum absolute atomic E-state index is 0.306. The van der Waals surface area contributed by atoms with Crippen molar-refractivity contribution in [3.05, 3.63) is 35.9 Å². The Morgan fingerprint density at radius 1 is 1.15 bits per heavy atom. The monoisotopic (exact) mass is 276 g/mol. The Morgan fingerprint density at radius 3 is 2.25 bits per heavy atom. The average Bonchev–Trinajstić information content (AvgIpc) is 2.42. The van der Waals surface area contributed by atoms with Crippen molar-refractivity contribution in [2.45, 2.75) is 53.1 Å². The van der Waals surface area contributed by atoms with Crippen LogP contribution in [0.1, 0.15) is 52.6 Å². The van der Waals surface area contributed by atoms with Gasteiger partial charge in [-0.1, -0.05) is 58.0 Å². The fourth-order valence-electron chi connectivity index (χ4n) is 2.40. The van der Waals surface area contributed by atoms with E-state index in [-0.39, 0.29) is 0 Å². The molecule has 0 heterocycles. The molecule has 1 aromatic carbocycles. The van der Waals surface area contributed by atoms with E-state index in [9.17, 15) is 0 Å². The molecule has 1 rings (SSSR count). The number of benzene rings is 1. The van der Waals surface area contributed by atoms with Crippen LogP contribution in [0.15, 0.2) is 30.3 Å². The van der Waals surface area contributed by atoms with E-state index >= 15 is 0 Å². The van der Waals surface area contributed by atoms with Gasteiger partial charge in [0.1, 0.15) is 0 Å². The average molecular weight is 276 g/mol. The van der Waals surface area contributed by atoms with E-state index in [1.54, 1.807) is 0 Å². The van der Waals surface area contributed by atoms with E-state index in [0.29, 0.717) is 17.5 Å². The van der Waals surface area contributed by atoms with Gasteiger partial charge in [-0.3, -0.25) is 0 Å². The standard InChI is InChI=1S/C18H32N2/c1-7-13-19-17(16-11-9-8-10-12-16)14-20(6)15(2)18(3,4)5/h8-12,15,17,19H,7,13-14H2,1-6H3. The molecule has 20 heavy (non-hydrogen) atoms. The lowest BCUT2D eigenvalue weighted by Crippen LogP contribution is -2.43.